The Hall–Kier alpha value is -2.17. The maximum absolute atomic E-state index is 12.9. The SMILES string of the molecule is O=C(c1ccccc1)C(c1nc[nH]n1)c1ccc(Cl)cc1Cl. The lowest BCUT2D eigenvalue weighted by molar-refractivity contribution is 0.0971. The van der Waals surface area contributed by atoms with Crippen molar-refractivity contribution in [3.05, 3.63) is 81.9 Å². The number of halogens is 2. The number of hydrogen-bond donors (Lipinski definition) is 1. The van der Waals surface area contributed by atoms with Crippen LogP contribution < -0.4 is 0 Å². The highest BCUT2D eigenvalue weighted by Crippen LogP contribution is 2.33. The fraction of sp³-hybridized carbons (Fsp3) is 0.0625. The first kappa shape index (κ1) is 14.8. The smallest absolute Gasteiger partial charge is 0.178 e. The number of hydrogen-bond acceptors (Lipinski definition) is 3. The monoisotopic (exact) mass is 331 g/mol. The molecule has 3 aromatic rings. The molecule has 0 aliphatic heterocycles. The molecule has 0 aliphatic rings. The molecule has 22 heavy (non-hydrogen) atoms. The Morgan fingerprint density at radius 1 is 1.09 bits per heavy atom. The van der Waals surface area contributed by atoms with Crippen molar-refractivity contribution < 1.29 is 4.79 Å². The van der Waals surface area contributed by atoms with Gasteiger partial charge in [0.15, 0.2) is 11.6 Å². The average Bonchev–Trinajstić information content (AvgIpc) is 3.04. The third kappa shape index (κ3) is 2.89. The van der Waals surface area contributed by atoms with E-state index < -0.39 is 5.92 Å². The van der Waals surface area contributed by atoms with E-state index in [0.717, 1.165) is 0 Å². The minimum absolute atomic E-state index is 0.121. The van der Waals surface area contributed by atoms with Crippen molar-refractivity contribution in [1.82, 2.24) is 15.2 Å². The van der Waals surface area contributed by atoms with Gasteiger partial charge < -0.3 is 0 Å². The maximum atomic E-state index is 12.9. The minimum atomic E-state index is -0.682. The molecule has 110 valence electrons. The Bertz CT molecular complexity index is 788. The third-order valence-electron chi connectivity index (χ3n) is 3.29. The minimum Gasteiger partial charge on any atom is -0.293 e. The summed E-state index contributed by atoms with van der Waals surface area (Å²) in [4.78, 5) is 17.0. The molecular weight excluding hydrogens is 321 g/mol. The highest BCUT2D eigenvalue weighted by molar-refractivity contribution is 6.35. The Morgan fingerprint density at radius 2 is 1.86 bits per heavy atom. The number of carbonyl (C=O) groups is 1. The van der Waals surface area contributed by atoms with Crippen molar-refractivity contribution in [2.45, 2.75) is 5.92 Å². The van der Waals surface area contributed by atoms with Crippen molar-refractivity contribution in [1.29, 1.82) is 0 Å². The number of benzene rings is 2. The number of H-pyrrole nitrogens is 1. The predicted octanol–water partition coefficient (Wildman–Crippen LogP) is 4.13. The molecule has 1 atom stereocenters. The first-order valence-electron chi connectivity index (χ1n) is 6.56. The maximum Gasteiger partial charge on any atom is 0.178 e. The van der Waals surface area contributed by atoms with E-state index in [-0.39, 0.29) is 5.78 Å². The molecule has 0 radical (unpaired) electrons. The first-order valence-corrected chi connectivity index (χ1v) is 7.32. The van der Waals surface area contributed by atoms with E-state index >= 15 is 0 Å². The Morgan fingerprint density at radius 3 is 2.50 bits per heavy atom. The van der Waals surface area contributed by atoms with E-state index in [1.165, 1.54) is 6.33 Å². The number of aromatic nitrogens is 3. The summed E-state index contributed by atoms with van der Waals surface area (Å²) in [5, 5.41) is 7.61. The second-order valence-electron chi connectivity index (χ2n) is 4.69. The normalized spacial score (nSPS) is 12.1. The molecule has 2 aromatic carbocycles. The highest BCUT2D eigenvalue weighted by Gasteiger charge is 2.29. The second-order valence-corrected chi connectivity index (χ2v) is 5.53. The molecule has 0 spiro atoms. The molecule has 0 saturated carbocycles. The van der Waals surface area contributed by atoms with Gasteiger partial charge in [-0.05, 0) is 17.7 Å². The molecule has 0 aliphatic carbocycles. The zero-order chi connectivity index (χ0) is 15.5. The molecule has 0 amide bonds. The van der Waals surface area contributed by atoms with Crippen LogP contribution in [0.5, 0.6) is 0 Å². The Balaban J connectivity index is 2.11. The summed E-state index contributed by atoms with van der Waals surface area (Å²) in [5.41, 5.74) is 1.20. The predicted molar refractivity (Wildman–Crippen MR) is 85.5 cm³/mol. The number of nitrogens with one attached hydrogen (secondary N) is 1. The number of Topliss-reactive ketones (excluding diaryl/α,β-unsaturated/α-hetero) is 1. The topological polar surface area (TPSA) is 58.6 Å². The van der Waals surface area contributed by atoms with Crippen LogP contribution in [0.4, 0.5) is 0 Å². The third-order valence-corrected chi connectivity index (χ3v) is 3.85. The molecular formula is C16H11Cl2N3O. The van der Waals surface area contributed by atoms with Gasteiger partial charge in [0.05, 0.1) is 0 Å². The number of rotatable bonds is 4. The van der Waals surface area contributed by atoms with E-state index in [9.17, 15) is 4.79 Å². The summed E-state index contributed by atoms with van der Waals surface area (Å²) in [6.45, 7) is 0. The summed E-state index contributed by atoms with van der Waals surface area (Å²) < 4.78 is 0. The van der Waals surface area contributed by atoms with E-state index in [0.29, 0.717) is 27.0 Å². The number of carbonyl (C=O) groups excluding carboxylic acids is 1. The van der Waals surface area contributed by atoms with E-state index in [2.05, 4.69) is 15.2 Å². The summed E-state index contributed by atoms with van der Waals surface area (Å²) in [6.07, 6.45) is 1.43. The largest absolute Gasteiger partial charge is 0.293 e. The molecule has 1 heterocycles. The molecule has 3 rings (SSSR count). The van der Waals surface area contributed by atoms with Crippen LogP contribution in [0.25, 0.3) is 0 Å². The van der Waals surface area contributed by atoms with Gasteiger partial charge in [-0.25, -0.2) is 4.98 Å². The Kier molecular flexibility index (Phi) is 4.22. The summed E-state index contributed by atoms with van der Waals surface area (Å²) in [6, 6.07) is 14.0. The van der Waals surface area contributed by atoms with Gasteiger partial charge in [0.2, 0.25) is 0 Å². The van der Waals surface area contributed by atoms with Crippen molar-refractivity contribution in [3.63, 3.8) is 0 Å². The highest BCUT2D eigenvalue weighted by atomic mass is 35.5. The standard InChI is InChI=1S/C16H11Cl2N3O/c17-11-6-7-12(13(18)8-11)14(16-19-9-20-21-16)15(22)10-4-2-1-3-5-10/h1-9,14H,(H,19,20,21). The molecule has 4 nitrogen and oxygen atoms in total. The molecule has 1 unspecified atom stereocenters. The molecule has 0 bridgehead atoms. The van der Waals surface area contributed by atoms with Crippen LogP contribution >= 0.6 is 23.2 Å². The van der Waals surface area contributed by atoms with Crippen LogP contribution in [0.2, 0.25) is 10.0 Å². The summed E-state index contributed by atoms with van der Waals surface area (Å²) in [7, 11) is 0. The lowest BCUT2D eigenvalue weighted by Crippen LogP contribution is -2.16. The molecule has 6 heteroatoms. The van der Waals surface area contributed by atoms with E-state index in [1.807, 2.05) is 18.2 Å². The number of aromatic amines is 1. The molecule has 0 saturated heterocycles. The van der Waals surface area contributed by atoms with Crippen LogP contribution in [-0.4, -0.2) is 21.0 Å². The van der Waals surface area contributed by atoms with Crippen molar-refractivity contribution in [2.24, 2.45) is 0 Å². The van der Waals surface area contributed by atoms with Crippen molar-refractivity contribution >= 4 is 29.0 Å². The summed E-state index contributed by atoms with van der Waals surface area (Å²) in [5.74, 6) is -0.430. The van der Waals surface area contributed by atoms with Gasteiger partial charge in [0.1, 0.15) is 12.2 Å². The van der Waals surface area contributed by atoms with Gasteiger partial charge >= 0.3 is 0 Å². The van der Waals surface area contributed by atoms with Crippen LogP contribution in [0.1, 0.15) is 27.7 Å². The quantitative estimate of drug-likeness (QED) is 0.731. The van der Waals surface area contributed by atoms with Gasteiger partial charge in [0, 0.05) is 15.6 Å². The van der Waals surface area contributed by atoms with Crippen LogP contribution in [-0.2, 0) is 0 Å². The number of ketones is 1. The zero-order valence-electron chi connectivity index (χ0n) is 11.3. The molecule has 1 N–H and O–H groups in total. The van der Waals surface area contributed by atoms with Crippen LogP contribution in [0, 0.1) is 0 Å². The first-order chi connectivity index (χ1) is 10.7. The fourth-order valence-corrected chi connectivity index (χ4v) is 2.78. The fourth-order valence-electron chi connectivity index (χ4n) is 2.26. The number of nitrogens with zero attached hydrogens (tertiary/aromatic N) is 2. The zero-order valence-corrected chi connectivity index (χ0v) is 12.8. The lowest BCUT2D eigenvalue weighted by Gasteiger charge is -2.15. The summed E-state index contributed by atoms with van der Waals surface area (Å²) >= 11 is 12.2. The van der Waals surface area contributed by atoms with E-state index in [1.54, 1.807) is 30.3 Å². The van der Waals surface area contributed by atoms with Gasteiger partial charge in [-0.3, -0.25) is 9.89 Å². The van der Waals surface area contributed by atoms with Gasteiger partial charge in [-0.1, -0.05) is 59.6 Å². The van der Waals surface area contributed by atoms with Gasteiger partial charge in [0.25, 0.3) is 0 Å². The van der Waals surface area contributed by atoms with Crippen molar-refractivity contribution in [3.8, 4) is 0 Å². The van der Waals surface area contributed by atoms with Gasteiger partial charge in [-0.2, -0.15) is 5.10 Å². The van der Waals surface area contributed by atoms with Crippen LogP contribution in [0.3, 0.4) is 0 Å². The van der Waals surface area contributed by atoms with Crippen LogP contribution in [0.15, 0.2) is 54.9 Å². The average molecular weight is 332 g/mol. The second kappa shape index (κ2) is 6.30. The lowest BCUT2D eigenvalue weighted by atomic mass is 9.90. The van der Waals surface area contributed by atoms with Gasteiger partial charge in [-0.15, -0.1) is 0 Å². The van der Waals surface area contributed by atoms with Crippen molar-refractivity contribution in [2.75, 3.05) is 0 Å². The van der Waals surface area contributed by atoms with E-state index in [4.69, 9.17) is 23.2 Å². The Labute approximate surface area is 137 Å². The molecule has 0 fully saturated rings. The molecule has 1 aromatic heterocycles.